The molecule has 18 heavy (non-hydrogen) atoms. The van der Waals surface area contributed by atoms with E-state index in [9.17, 15) is 4.79 Å². The number of carbonyl (C=O) groups is 1. The van der Waals surface area contributed by atoms with Gasteiger partial charge < -0.3 is 9.67 Å². The quantitative estimate of drug-likeness (QED) is 0.838. The summed E-state index contributed by atoms with van der Waals surface area (Å²) in [5.74, 6) is -0.897. The van der Waals surface area contributed by atoms with Crippen molar-refractivity contribution in [3.63, 3.8) is 0 Å². The summed E-state index contributed by atoms with van der Waals surface area (Å²) in [4.78, 5) is 10.8. The van der Waals surface area contributed by atoms with E-state index in [4.69, 9.17) is 5.11 Å². The first-order chi connectivity index (χ1) is 8.58. The third-order valence-electron chi connectivity index (χ3n) is 2.79. The minimum atomic E-state index is -0.897. The Bertz CT molecular complexity index is 591. The highest BCUT2D eigenvalue weighted by Gasteiger charge is 2.04. The average Bonchev–Trinajstić information content (AvgIpc) is 2.78. The Labute approximate surface area is 106 Å². The zero-order chi connectivity index (χ0) is 13.1. The molecule has 0 fully saturated rings. The van der Waals surface area contributed by atoms with E-state index in [0.29, 0.717) is 5.57 Å². The summed E-state index contributed by atoms with van der Waals surface area (Å²) in [5, 5.41) is 8.90. The van der Waals surface area contributed by atoms with Gasteiger partial charge in [0, 0.05) is 23.2 Å². The van der Waals surface area contributed by atoms with Crippen molar-refractivity contribution in [3.8, 4) is 5.69 Å². The second-order valence-electron chi connectivity index (χ2n) is 4.27. The Morgan fingerprint density at radius 2 is 1.89 bits per heavy atom. The fourth-order valence-electron chi connectivity index (χ4n) is 1.74. The van der Waals surface area contributed by atoms with Gasteiger partial charge in [-0.2, -0.15) is 0 Å². The van der Waals surface area contributed by atoms with Crippen LogP contribution in [-0.4, -0.2) is 15.6 Å². The van der Waals surface area contributed by atoms with Crippen LogP contribution in [0.5, 0.6) is 0 Å². The van der Waals surface area contributed by atoms with Gasteiger partial charge in [-0.1, -0.05) is 17.7 Å². The lowest BCUT2D eigenvalue weighted by Crippen LogP contribution is -1.99. The molecule has 0 atom stereocenters. The number of carboxylic acid groups (broad SMARTS) is 1. The molecule has 1 heterocycles. The van der Waals surface area contributed by atoms with Gasteiger partial charge in [-0.3, -0.25) is 0 Å². The molecule has 0 aliphatic carbocycles. The number of hydrogen-bond donors (Lipinski definition) is 1. The lowest BCUT2D eigenvalue weighted by molar-refractivity contribution is -0.132. The summed E-state index contributed by atoms with van der Waals surface area (Å²) >= 11 is 0. The molecule has 0 spiro atoms. The zero-order valence-corrected chi connectivity index (χ0v) is 10.4. The van der Waals surface area contributed by atoms with Crippen LogP contribution in [0.3, 0.4) is 0 Å². The summed E-state index contributed by atoms with van der Waals surface area (Å²) < 4.78 is 1.96. The molecule has 0 aliphatic heterocycles. The van der Waals surface area contributed by atoms with Gasteiger partial charge in [0.1, 0.15) is 0 Å². The Morgan fingerprint density at radius 1 is 1.22 bits per heavy atom. The SMILES string of the molecule is C/C(=C\c1cccn1-c1ccc(C)cc1)C(=O)O. The smallest absolute Gasteiger partial charge is 0.331 e. The van der Waals surface area contributed by atoms with E-state index in [2.05, 4.69) is 0 Å². The molecule has 0 bridgehead atoms. The van der Waals surface area contributed by atoms with E-state index in [1.54, 1.807) is 13.0 Å². The summed E-state index contributed by atoms with van der Waals surface area (Å²) in [6.45, 7) is 3.63. The summed E-state index contributed by atoms with van der Waals surface area (Å²) in [5.41, 5.74) is 3.40. The average molecular weight is 241 g/mol. The van der Waals surface area contributed by atoms with Crippen molar-refractivity contribution in [3.05, 3.63) is 59.4 Å². The number of benzene rings is 1. The van der Waals surface area contributed by atoms with E-state index in [1.807, 2.05) is 54.1 Å². The first-order valence-electron chi connectivity index (χ1n) is 5.74. The van der Waals surface area contributed by atoms with Crippen LogP contribution in [0.2, 0.25) is 0 Å². The topological polar surface area (TPSA) is 42.2 Å². The van der Waals surface area contributed by atoms with Crippen LogP contribution in [0.15, 0.2) is 48.2 Å². The molecule has 2 rings (SSSR count). The van der Waals surface area contributed by atoms with Gasteiger partial charge in [-0.25, -0.2) is 4.79 Å². The van der Waals surface area contributed by atoms with Crippen molar-refractivity contribution in [2.24, 2.45) is 0 Å². The molecular weight excluding hydrogens is 226 g/mol. The number of aliphatic carboxylic acids is 1. The zero-order valence-electron chi connectivity index (χ0n) is 10.4. The van der Waals surface area contributed by atoms with Crippen molar-refractivity contribution >= 4 is 12.0 Å². The molecule has 1 aromatic heterocycles. The minimum Gasteiger partial charge on any atom is -0.478 e. The highest BCUT2D eigenvalue weighted by Crippen LogP contribution is 2.16. The van der Waals surface area contributed by atoms with Crippen LogP contribution in [0.1, 0.15) is 18.2 Å². The molecule has 0 unspecified atom stereocenters. The molecule has 1 aromatic carbocycles. The molecule has 2 aromatic rings. The molecule has 0 aliphatic rings. The largest absolute Gasteiger partial charge is 0.478 e. The van der Waals surface area contributed by atoms with Crippen molar-refractivity contribution in [1.29, 1.82) is 0 Å². The van der Waals surface area contributed by atoms with E-state index in [1.165, 1.54) is 5.56 Å². The number of aromatic nitrogens is 1. The third-order valence-corrected chi connectivity index (χ3v) is 2.79. The lowest BCUT2D eigenvalue weighted by Gasteiger charge is -2.07. The van der Waals surface area contributed by atoms with Crippen molar-refractivity contribution in [2.75, 3.05) is 0 Å². The van der Waals surface area contributed by atoms with Crippen molar-refractivity contribution in [2.45, 2.75) is 13.8 Å². The van der Waals surface area contributed by atoms with Gasteiger partial charge in [0.25, 0.3) is 0 Å². The molecule has 3 nitrogen and oxygen atoms in total. The summed E-state index contributed by atoms with van der Waals surface area (Å²) in [6, 6.07) is 11.9. The Balaban J connectivity index is 2.42. The maximum atomic E-state index is 10.8. The first kappa shape index (κ1) is 12.2. The molecule has 92 valence electrons. The van der Waals surface area contributed by atoms with Crippen LogP contribution in [0.25, 0.3) is 11.8 Å². The maximum Gasteiger partial charge on any atom is 0.331 e. The number of nitrogens with zero attached hydrogens (tertiary/aromatic N) is 1. The van der Waals surface area contributed by atoms with Crippen LogP contribution in [-0.2, 0) is 4.79 Å². The van der Waals surface area contributed by atoms with Crippen LogP contribution < -0.4 is 0 Å². The molecular formula is C15H15NO2. The predicted molar refractivity (Wildman–Crippen MR) is 71.8 cm³/mol. The van der Waals surface area contributed by atoms with E-state index < -0.39 is 5.97 Å². The molecule has 0 radical (unpaired) electrons. The maximum absolute atomic E-state index is 10.8. The highest BCUT2D eigenvalue weighted by atomic mass is 16.4. The molecule has 0 saturated heterocycles. The Kier molecular flexibility index (Phi) is 3.33. The van der Waals surface area contributed by atoms with Crippen molar-refractivity contribution in [1.82, 2.24) is 4.57 Å². The number of carboxylic acids is 1. The van der Waals surface area contributed by atoms with Crippen LogP contribution in [0.4, 0.5) is 0 Å². The Morgan fingerprint density at radius 3 is 2.50 bits per heavy atom. The lowest BCUT2D eigenvalue weighted by atomic mass is 10.2. The summed E-state index contributed by atoms with van der Waals surface area (Å²) in [7, 11) is 0. The highest BCUT2D eigenvalue weighted by molar-refractivity contribution is 5.91. The number of rotatable bonds is 3. The van der Waals surface area contributed by atoms with Crippen LogP contribution >= 0.6 is 0 Å². The first-order valence-corrected chi connectivity index (χ1v) is 5.74. The van der Waals surface area contributed by atoms with E-state index >= 15 is 0 Å². The van der Waals surface area contributed by atoms with Gasteiger partial charge in [0.2, 0.25) is 0 Å². The molecule has 1 N–H and O–H groups in total. The van der Waals surface area contributed by atoms with Gasteiger partial charge >= 0.3 is 5.97 Å². The van der Waals surface area contributed by atoms with Gasteiger partial charge in [-0.05, 0) is 44.2 Å². The normalized spacial score (nSPS) is 11.6. The second-order valence-corrected chi connectivity index (χ2v) is 4.27. The molecule has 3 heteroatoms. The van der Waals surface area contributed by atoms with Crippen molar-refractivity contribution < 1.29 is 9.90 Å². The van der Waals surface area contributed by atoms with E-state index in [0.717, 1.165) is 11.4 Å². The number of hydrogen-bond acceptors (Lipinski definition) is 1. The third kappa shape index (κ3) is 2.51. The fraction of sp³-hybridized carbons (Fsp3) is 0.133. The monoisotopic (exact) mass is 241 g/mol. The van der Waals surface area contributed by atoms with Gasteiger partial charge in [0.15, 0.2) is 0 Å². The standard InChI is InChI=1S/C15H15NO2/c1-11-5-7-13(8-6-11)16-9-3-4-14(16)10-12(2)15(17)18/h3-10H,1-2H3,(H,17,18)/b12-10+. The second kappa shape index (κ2) is 4.92. The minimum absolute atomic E-state index is 0.321. The van der Waals surface area contributed by atoms with E-state index in [-0.39, 0.29) is 0 Å². The van der Waals surface area contributed by atoms with Crippen LogP contribution in [0, 0.1) is 6.92 Å². The number of aryl methyl sites for hydroxylation is 1. The van der Waals surface area contributed by atoms with Gasteiger partial charge in [-0.15, -0.1) is 0 Å². The fourth-order valence-corrected chi connectivity index (χ4v) is 1.74. The summed E-state index contributed by atoms with van der Waals surface area (Å²) in [6.07, 6.45) is 3.59. The predicted octanol–water partition coefficient (Wildman–Crippen LogP) is 3.27. The molecule has 0 saturated carbocycles. The molecule has 0 amide bonds. The van der Waals surface area contributed by atoms with Gasteiger partial charge in [0.05, 0.1) is 0 Å². The Hall–Kier alpha value is -2.29.